The summed E-state index contributed by atoms with van der Waals surface area (Å²) < 4.78 is 5.46. The van der Waals surface area contributed by atoms with Gasteiger partial charge in [-0.15, -0.1) is 0 Å². The smallest absolute Gasteiger partial charge is 0.166 e. The van der Waals surface area contributed by atoms with E-state index in [-0.39, 0.29) is 5.78 Å². The number of allylic oxidation sites excluding steroid dienone is 2. The normalized spacial score (nSPS) is 17.9. The van der Waals surface area contributed by atoms with Crippen LogP contribution in [0.15, 0.2) is 29.8 Å². The number of fused-ring (bicyclic) bond motifs is 1. The predicted molar refractivity (Wildman–Crippen MR) is 71.1 cm³/mol. The van der Waals surface area contributed by atoms with Gasteiger partial charge in [0.15, 0.2) is 5.78 Å². The Morgan fingerprint density at radius 3 is 3.00 bits per heavy atom. The van der Waals surface area contributed by atoms with Crippen LogP contribution in [0.2, 0.25) is 0 Å². The molecule has 0 N–H and O–H groups in total. The number of hydrogen-bond donors (Lipinski definition) is 0. The molecule has 2 nitrogen and oxygen atoms in total. The molecule has 0 bridgehead atoms. The van der Waals surface area contributed by atoms with Crippen LogP contribution in [0.4, 0.5) is 0 Å². The van der Waals surface area contributed by atoms with Crippen LogP contribution in [-0.4, -0.2) is 12.4 Å². The number of Topliss-reactive ketones (excluding diaryl/α,β-unsaturated/α-hetero) is 1. The molecule has 1 aromatic rings. The zero-order chi connectivity index (χ0) is 12.4. The Labute approximate surface area is 108 Å². The average molecular weight is 242 g/mol. The van der Waals surface area contributed by atoms with E-state index in [0.29, 0.717) is 6.42 Å². The van der Waals surface area contributed by atoms with Gasteiger partial charge in [0.25, 0.3) is 0 Å². The summed E-state index contributed by atoms with van der Waals surface area (Å²) in [7, 11) is 0. The lowest BCUT2D eigenvalue weighted by molar-refractivity contribution is 0.0991. The van der Waals surface area contributed by atoms with Crippen molar-refractivity contribution in [1.82, 2.24) is 0 Å². The lowest BCUT2D eigenvalue weighted by Gasteiger charge is -2.12. The molecule has 2 aliphatic rings. The molecule has 1 aromatic carbocycles. The summed E-state index contributed by atoms with van der Waals surface area (Å²) in [6.45, 7) is 0.748. The zero-order valence-corrected chi connectivity index (χ0v) is 10.6. The van der Waals surface area contributed by atoms with Crippen molar-refractivity contribution in [3.63, 3.8) is 0 Å². The van der Waals surface area contributed by atoms with E-state index in [1.54, 1.807) is 0 Å². The Bertz CT molecular complexity index is 500. The standard InChI is InChI=1S/C16H18O2/c17-15(10-12-4-2-1-3-5-12)13-6-7-16-14(11-13)8-9-18-16/h4,6-7,11H,1-3,5,8-10H2. The second-order valence-corrected chi connectivity index (χ2v) is 5.13. The first kappa shape index (κ1) is 11.5. The number of hydrogen-bond acceptors (Lipinski definition) is 2. The molecule has 1 aliphatic carbocycles. The quantitative estimate of drug-likeness (QED) is 0.597. The topological polar surface area (TPSA) is 26.3 Å². The van der Waals surface area contributed by atoms with E-state index in [0.717, 1.165) is 37.2 Å². The van der Waals surface area contributed by atoms with Gasteiger partial charge in [0.2, 0.25) is 0 Å². The van der Waals surface area contributed by atoms with Crippen LogP contribution >= 0.6 is 0 Å². The van der Waals surface area contributed by atoms with Gasteiger partial charge in [0.1, 0.15) is 5.75 Å². The molecule has 1 heterocycles. The number of carbonyl (C=O) groups excluding carboxylic acids is 1. The number of carbonyl (C=O) groups is 1. The minimum absolute atomic E-state index is 0.248. The van der Waals surface area contributed by atoms with Crippen LogP contribution in [0, 0.1) is 0 Å². The molecule has 0 saturated carbocycles. The summed E-state index contributed by atoms with van der Waals surface area (Å²) in [5.41, 5.74) is 3.34. The van der Waals surface area contributed by atoms with Crippen molar-refractivity contribution < 1.29 is 9.53 Å². The second-order valence-electron chi connectivity index (χ2n) is 5.13. The van der Waals surface area contributed by atoms with Gasteiger partial charge < -0.3 is 4.74 Å². The van der Waals surface area contributed by atoms with Crippen LogP contribution in [0.1, 0.15) is 48.0 Å². The molecule has 3 rings (SSSR count). The maximum Gasteiger partial charge on any atom is 0.166 e. The number of ketones is 1. The van der Waals surface area contributed by atoms with Crippen LogP contribution in [-0.2, 0) is 6.42 Å². The fourth-order valence-electron chi connectivity index (χ4n) is 2.73. The summed E-state index contributed by atoms with van der Waals surface area (Å²) in [6.07, 6.45) is 8.52. The first-order chi connectivity index (χ1) is 8.83. The molecule has 0 unspecified atom stereocenters. The van der Waals surface area contributed by atoms with E-state index < -0.39 is 0 Å². The molecule has 94 valence electrons. The van der Waals surface area contributed by atoms with Crippen molar-refractivity contribution in [3.8, 4) is 5.75 Å². The minimum atomic E-state index is 0.248. The third-order valence-corrected chi connectivity index (χ3v) is 3.78. The largest absolute Gasteiger partial charge is 0.493 e. The van der Waals surface area contributed by atoms with Crippen LogP contribution < -0.4 is 4.74 Å². The molecule has 0 spiro atoms. The number of benzene rings is 1. The van der Waals surface area contributed by atoms with Crippen LogP contribution in [0.25, 0.3) is 0 Å². The number of ether oxygens (including phenoxy) is 1. The lowest BCUT2D eigenvalue weighted by Crippen LogP contribution is -2.03. The Balaban J connectivity index is 1.74. The van der Waals surface area contributed by atoms with Crippen molar-refractivity contribution >= 4 is 5.78 Å². The van der Waals surface area contributed by atoms with Gasteiger partial charge in [0, 0.05) is 18.4 Å². The Kier molecular flexibility index (Phi) is 3.18. The first-order valence-corrected chi connectivity index (χ1v) is 6.80. The summed E-state index contributed by atoms with van der Waals surface area (Å²) in [5.74, 6) is 1.20. The summed E-state index contributed by atoms with van der Waals surface area (Å²) in [5, 5.41) is 0. The van der Waals surface area contributed by atoms with Crippen LogP contribution in [0.5, 0.6) is 5.75 Å². The Morgan fingerprint density at radius 2 is 2.17 bits per heavy atom. The highest BCUT2D eigenvalue weighted by Gasteiger charge is 2.16. The SMILES string of the molecule is O=C(CC1=CCCCC1)c1ccc2c(c1)CCO2. The highest BCUT2D eigenvalue weighted by Crippen LogP contribution is 2.27. The molecule has 1 aliphatic heterocycles. The molecule has 2 heteroatoms. The molecule has 0 saturated heterocycles. The van der Waals surface area contributed by atoms with E-state index in [1.807, 2.05) is 18.2 Å². The van der Waals surface area contributed by atoms with E-state index in [9.17, 15) is 4.79 Å². The van der Waals surface area contributed by atoms with Gasteiger partial charge in [-0.05, 0) is 49.4 Å². The average Bonchev–Trinajstić information content (AvgIpc) is 2.87. The maximum atomic E-state index is 12.2. The monoisotopic (exact) mass is 242 g/mol. The summed E-state index contributed by atoms with van der Waals surface area (Å²) in [6, 6.07) is 5.84. The second kappa shape index (κ2) is 4.97. The Hall–Kier alpha value is -1.57. The van der Waals surface area contributed by atoms with Crippen molar-refractivity contribution in [3.05, 3.63) is 41.0 Å². The van der Waals surface area contributed by atoms with E-state index in [4.69, 9.17) is 4.74 Å². The molecular formula is C16H18O2. The van der Waals surface area contributed by atoms with Crippen molar-refractivity contribution in [2.24, 2.45) is 0 Å². The molecule has 0 atom stereocenters. The van der Waals surface area contributed by atoms with E-state index >= 15 is 0 Å². The minimum Gasteiger partial charge on any atom is -0.493 e. The zero-order valence-electron chi connectivity index (χ0n) is 10.6. The van der Waals surface area contributed by atoms with Crippen molar-refractivity contribution in [2.45, 2.75) is 38.5 Å². The lowest BCUT2D eigenvalue weighted by atomic mass is 9.93. The fraction of sp³-hybridized carbons (Fsp3) is 0.438. The predicted octanol–water partition coefficient (Wildman–Crippen LogP) is 3.69. The number of rotatable bonds is 3. The first-order valence-electron chi connectivity index (χ1n) is 6.80. The van der Waals surface area contributed by atoms with E-state index in [1.165, 1.54) is 24.0 Å². The maximum absolute atomic E-state index is 12.2. The van der Waals surface area contributed by atoms with Gasteiger partial charge in [-0.1, -0.05) is 11.6 Å². The van der Waals surface area contributed by atoms with Gasteiger partial charge in [-0.3, -0.25) is 4.79 Å². The van der Waals surface area contributed by atoms with Gasteiger partial charge in [-0.2, -0.15) is 0 Å². The van der Waals surface area contributed by atoms with E-state index in [2.05, 4.69) is 6.08 Å². The molecule has 0 aromatic heterocycles. The molecular weight excluding hydrogens is 224 g/mol. The highest BCUT2D eigenvalue weighted by molar-refractivity contribution is 5.97. The summed E-state index contributed by atoms with van der Waals surface area (Å²) >= 11 is 0. The highest BCUT2D eigenvalue weighted by atomic mass is 16.5. The molecule has 0 radical (unpaired) electrons. The van der Waals surface area contributed by atoms with Gasteiger partial charge >= 0.3 is 0 Å². The molecule has 0 amide bonds. The molecule has 18 heavy (non-hydrogen) atoms. The molecule has 0 fully saturated rings. The van der Waals surface area contributed by atoms with Crippen LogP contribution in [0.3, 0.4) is 0 Å². The fourth-order valence-corrected chi connectivity index (χ4v) is 2.73. The van der Waals surface area contributed by atoms with Crippen molar-refractivity contribution in [2.75, 3.05) is 6.61 Å². The third-order valence-electron chi connectivity index (χ3n) is 3.78. The Morgan fingerprint density at radius 1 is 1.22 bits per heavy atom. The third kappa shape index (κ3) is 2.33. The van der Waals surface area contributed by atoms with Gasteiger partial charge in [-0.25, -0.2) is 0 Å². The van der Waals surface area contributed by atoms with Gasteiger partial charge in [0.05, 0.1) is 6.61 Å². The van der Waals surface area contributed by atoms with Crippen molar-refractivity contribution in [1.29, 1.82) is 0 Å². The summed E-state index contributed by atoms with van der Waals surface area (Å²) in [4.78, 5) is 12.2.